The van der Waals surface area contributed by atoms with Crippen molar-refractivity contribution in [3.05, 3.63) is 29.5 Å². The van der Waals surface area contributed by atoms with Crippen molar-refractivity contribution < 1.29 is 9.84 Å². The monoisotopic (exact) mass is 193 g/mol. The van der Waals surface area contributed by atoms with Gasteiger partial charge in [0.1, 0.15) is 0 Å². The lowest BCUT2D eigenvalue weighted by molar-refractivity contribution is 0.232. The van der Waals surface area contributed by atoms with Gasteiger partial charge in [0.05, 0.1) is 18.9 Å². The zero-order valence-corrected chi connectivity index (χ0v) is 8.69. The molecule has 1 aromatic rings. The Morgan fingerprint density at radius 2 is 2.29 bits per heavy atom. The second-order valence-electron chi connectivity index (χ2n) is 3.17. The summed E-state index contributed by atoms with van der Waals surface area (Å²) < 4.78 is 4.99. The first-order valence-corrected chi connectivity index (χ1v) is 4.51. The highest BCUT2D eigenvalue weighted by Crippen LogP contribution is 2.11. The number of rotatable bonds is 3. The molecule has 1 atom stereocenters. The van der Waals surface area contributed by atoms with Gasteiger partial charge in [-0.2, -0.15) is 0 Å². The molecular weight excluding hydrogens is 178 g/mol. The molecule has 1 heterocycles. The third-order valence-electron chi connectivity index (χ3n) is 1.99. The van der Waals surface area contributed by atoms with Gasteiger partial charge in [-0.3, -0.25) is 0 Å². The van der Waals surface area contributed by atoms with Gasteiger partial charge in [0.15, 0.2) is 0 Å². The van der Waals surface area contributed by atoms with Crippen LogP contribution in [0.25, 0.3) is 6.08 Å². The highest BCUT2D eigenvalue weighted by Gasteiger charge is 1.99. The smallest absolute Gasteiger partial charge is 0.213 e. The molecule has 76 valence electrons. The average Bonchev–Trinajstić information content (AvgIpc) is 2.18. The maximum Gasteiger partial charge on any atom is 0.213 e. The van der Waals surface area contributed by atoms with Crippen molar-refractivity contribution in [2.45, 2.75) is 20.0 Å². The molecule has 3 nitrogen and oxygen atoms in total. The predicted molar refractivity (Wildman–Crippen MR) is 56.1 cm³/mol. The van der Waals surface area contributed by atoms with E-state index in [9.17, 15) is 5.11 Å². The molecule has 0 bridgehead atoms. The molecule has 0 aromatic carbocycles. The zero-order chi connectivity index (χ0) is 10.6. The van der Waals surface area contributed by atoms with Gasteiger partial charge >= 0.3 is 0 Å². The fraction of sp³-hybridized carbons (Fsp3) is 0.364. The summed E-state index contributed by atoms with van der Waals surface area (Å²) in [5.74, 6) is 0.581. The SMILES string of the molecule is COc1cccc(/C=C(/C)C(C)O)n1. The number of hydrogen-bond acceptors (Lipinski definition) is 3. The molecule has 3 heteroatoms. The van der Waals surface area contributed by atoms with Crippen LogP contribution in [0.4, 0.5) is 0 Å². The molecule has 0 spiro atoms. The van der Waals surface area contributed by atoms with Crippen LogP contribution in [0.1, 0.15) is 19.5 Å². The van der Waals surface area contributed by atoms with Crippen LogP contribution in [0.15, 0.2) is 23.8 Å². The second-order valence-corrected chi connectivity index (χ2v) is 3.17. The number of ether oxygens (including phenoxy) is 1. The normalized spacial score (nSPS) is 13.9. The molecule has 14 heavy (non-hydrogen) atoms. The number of methoxy groups -OCH3 is 1. The number of pyridine rings is 1. The lowest BCUT2D eigenvalue weighted by Gasteiger charge is -2.04. The summed E-state index contributed by atoms with van der Waals surface area (Å²) in [6.45, 7) is 3.60. The van der Waals surface area contributed by atoms with E-state index in [2.05, 4.69) is 4.98 Å². The van der Waals surface area contributed by atoms with Gasteiger partial charge < -0.3 is 9.84 Å². The molecule has 0 aliphatic rings. The number of hydrogen-bond donors (Lipinski definition) is 1. The highest BCUT2D eigenvalue weighted by molar-refractivity contribution is 5.49. The Kier molecular flexibility index (Phi) is 3.65. The number of aliphatic hydroxyl groups excluding tert-OH is 1. The van der Waals surface area contributed by atoms with E-state index in [1.54, 1.807) is 20.1 Å². The van der Waals surface area contributed by atoms with Gasteiger partial charge in [0, 0.05) is 6.07 Å². The Labute approximate surface area is 84.1 Å². The quantitative estimate of drug-likeness (QED) is 0.796. The molecule has 1 unspecified atom stereocenters. The van der Waals surface area contributed by atoms with E-state index in [4.69, 9.17) is 4.74 Å². The van der Waals surface area contributed by atoms with Gasteiger partial charge in [0.25, 0.3) is 0 Å². The lowest BCUT2D eigenvalue weighted by atomic mass is 10.1. The van der Waals surface area contributed by atoms with Gasteiger partial charge in [0.2, 0.25) is 5.88 Å². The summed E-state index contributed by atoms with van der Waals surface area (Å²) >= 11 is 0. The molecule has 0 saturated heterocycles. The minimum absolute atomic E-state index is 0.442. The minimum Gasteiger partial charge on any atom is -0.481 e. The van der Waals surface area contributed by atoms with Crippen LogP contribution in [-0.2, 0) is 0 Å². The summed E-state index contributed by atoms with van der Waals surface area (Å²) in [5, 5.41) is 9.28. The largest absolute Gasteiger partial charge is 0.481 e. The van der Waals surface area contributed by atoms with Crippen LogP contribution in [0.3, 0.4) is 0 Å². The molecule has 0 amide bonds. The average molecular weight is 193 g/mol. The summed E-state index contributed by atoms with van der Waals surface area (Å²) in [6.07, 6.45) is 1.40. The van der Waals surface area contributed by atoms with Gasteiger partial charge in [-0.25, -0.2) is 4.98 Å². The molecule has 0 fully saturated rings. The van der Waals surface area contributed by atoms with Gasteiger partial charge in [-0.15, -0.1) is 0 Å². The molecule has 1 N–H and O–H groups in total. The summed E-state index contributed by atoms with van der Waals surface area (Å²) in [4.78, 5) is 4.20. The molecule has 0 saturated carbocycles. The summed E-state index contributed by atoms with van der Waals surface area (Å²) in [6, 6.07) is 5.52. The van der Waals surface area contributed by atoms with Crippen LogP contribution in [-0.4, -0.2) is 23.3 Å². The number of aliphatic hydroxyl groups is 1. The van der Waals surface area contributed by atoms with Crippen LogP contribution in [0.5, 0.6) is 5.88 Å². The van der Waals surface area contributed by atoms with Gasteiger partial charge in [-0.1, -0.05) is 6.07 Å². The fourth-order valence-electron chi connectivity index (χ4n) is 0.979. The lowest BCUT2D eigenvalue weighted by Crippen LogP contribution is -2.00. The van der Waals surface area contributed by atoms with Crippen molar-refractivity contribution in [1.82, 2.24) is 4.98 Å². The fourth-order valence-corrected chi connectivity index (χ4v) is 0.979. The first-order chi connectivity index (χ1) is 6.63. The van der Waals surface area contributed by atoms with Crippen molar-refractivity contribution in [3.8, 4) is 5.88 Å². The van der Waals surface area contributed by atoms with Crippen LogP contribution >= 0.6 is 0 Å². The number of aromatic nitrogens is 1. The van der Waals surface area contributed by atoms with Crippen molar-refractivity contribution in [2.75, 3.05) is 7.11 Å². The van der Waals surface area contributed by atoms with E-state index in [0.29, 0.717) is 5.88 Å². The summed E-state index contributed by atoms with van der Waals surface area (Å²) in [5.41, 5.74) is 1.67. The molecule has 1 rings (SSSR count). The summed E-state index contributed by atoms with van der Waals surface area (Å²) in [7, 11) is 1.58. The maximum absolute atomic E-state index is 9.28. The first kappa shape index (κ1) is 10.7. The van der Waals surface area contributed by atoms with Crippen LogP contribution in [0, 0.1) is 0 Å². The van der Waals surface area contributed by atoms with Crippen molar-refractivity contribution in [1.29, 1.82) is 0 Å². The Morgan fingerprint density at radius 1 is 1.57 bits per heavy atom. The second kappa shape index (κ2) is 4.77. The molecule has 0 aliphatic heterocycles. The van der Waals surface area contributed by atoms with Crippen LogP contribution < -0.4 is 4.74 Å². The third kappa shape index (κ3) is 2.85. The van der Waals surface area contributed by atoms with E-state index in [0.717, 1.165) is 11.3 Å². The van der Waals surface area contributed by atoms with E-state index in [1.807, 2.05) is 25.1 Å². The molecule has 0 radical (unpaired) electrons. The van der Waals surface area contributed by atoms with Gasteiger partial charge in [-0.05, 0) is 31.6 Å². The van der Waals surface area contributed by atoms with Crippen molar-refractivity contribution in [3.63, 3.8) is 0 Å². The Balaban J connectivity index is 2.91. The van der Waals surface area contributed by atoms with Crippen LogP contribution in [0.2, 0.25) is 0 Å². The van der Waals surface area contributed by atoms with E-state index in [-0.39, 0.29) is 0 Å². The predicted octanol–water partition coefficient (Wildman–Crippen LogP) is 1.87. The van der Waals surface area contributed by atoms with Crippen molar-refractivity contribution >= 4 is 6.08 Å². The van der Waals surface area contributed by atoms with E-state index in [1.165, 1.54) is 0 Å². The Bertz CT molecular complexity index is 332. The Morgan fingerprint density at radius 3 is 2.86 bits per heavy atom. The van der Waals surface area contributed by atoms with E-state index >= 15 is 0 Å². The maximum atomic E-state index is 9.28. The standard InChI is InChI=1S/C11H15NO2/c1-8(9(2)13)7-10-5-4-6-11(12-10)14-3/h4-7,9,13H,1-3H3/b8-7-. The molecular formula is C11H15NO2. The molecule has 1 aromatic heterocycles. The highest BCUT2D eigenvalue weighted by atomic mass is 16.5. The van der Waals surface area contributed by atoms with E-state index < -0.39 is 6.10 Å². The zero-order valence-electron chi connectivity index (χ0n) is 8.69. The number of nitrogens with zero attached hydrogens (tertiary/aromatic N) is 1. The topological polar surface area (TPSA) is 42.4 Å². The minimum atomic E-state index is -0.442. The van der Waals surface area contributed by atoms with Crippen molar-refractivity contribution in [2.24, 2.45) is 0 Å². The third-order valence-corrected chi connectivity index (χ3v) is 1.99. The molecule has 0 aliphatic carbocycles. The Hall–Kier alpha value is -1.35. The first-order valence-electron chi connectivity index (χ1n) is 4.51.